The Kier molecular flexibility index (Phi) is 6.60. The molecule has 20 heavy (non-hydrogen) atoms. The third kappa shape index (κ3) is 4.53. The molecule has 0 bridgehead atoms. The van der Waals surface area contributed by atoms with Crippen molar-refractivity contribution >= 4 is 26.0 Å². The van der Waals surface area contributed by atoms with Crippen molar-refractivity contribution in [2.24, 2.45) is 5.73 Å². The molecular formula is C13H22BrN3O2S. The standard InChI is InChI=1S/C13H22BrN3O2S/c1-16(2)7-4-8-17(3)20(18,19)13-9-11(10-15)5-6-12(13)14/h5-6,9H,4,7-8,10,15H2,1-3H3. The molecule has 0 saturated carbocycles. The Morgan fingerprint density at radius 2 is 1.85 bits per heavy atom. The number of nitrogens with zero attached hydrogens (tertiary/aromatic N) is 2. The normalized spacial score (nSPS) is 12.3. The molecule has 0 saturated heterocycles. The molecular weight excluding hydrogens is 342 g/mol. The van der Waals surface area contributed by atoms with Gasteiger partial charge in [0.1, 0.15) is 0 Å². The van der Waals surface area contributed by atoms with Crippen molar-refractivity contribution in [2.45, 2.75) is 17.9 Å². The first-order valence-electron chi connectivity index (χ1n) is 6.38. The number of nitrogens with two attached hydrogens (primary N) is 1. The monoisotopic (exact) mass is 363 g/mol. The lowest BCUT2D eigenvalue weighted by Gasteiger charge is -2.19. The van der Waals surface area contributed by atoms with Gasteiger partial charge in [-0.05, 0) is 60.7 Å². The van der Waals surface area contributed by atoms with Gasteiger partial charge in [0.25, 0.3) is 0 Å². The minimum absolute atomic E-state index is 0.271. The van der Waals surface area contributed by atoms with Crippen molar-refractivity contribution in [3.63, 3.8) is 0 Å². The van der Waals surface area contributed by atoms with Gasteiger partial charge in [-0.15, -0.1) is 0 Å². The Bertz CT molecular complexity index is 547. The summed E-state index contributed by atoms with van der Waals surface area (Å²) in [5.41, 5.74) is 6.37. The maximum absolute atomic E-state index is 12.5. The molecule has 0 atom stereocenters. The van der Waals surface area contributed by atoms with Gasteiger partial charge < -0.3 is 10.6 Å². The average molecular weight is 364 g/mol. The van der Waals surface area contributed by atoms with Crippen LogP contribution >= 0.6 is 15.9 Å². The SMILES string of the molecule is CN(C)CCCN(C)S(=O)(=O)c1cc(CN)ccc1Br. The smallest absolute Gasteiger partial charge is 0.243 e. The number of benzene rings is 1. The van der Waals surface area contributed by atoms with Crippen molar-refractivity contribution in [3.05, 3.63) is 28.2 Å². The van der Waals surface area contributed by atoms with Crippen LogP contribution in [-0.4, -0.2) is 51.9 Å². The Morgan fingerprint density at radius 1 is 1.20 bits per heavy atom. The van der Waals surface area contributed by atoms with Crippen molar-refractivity contribution in [3.8, 4) is 0 Å². The van der Waals surface area contributed by atoms with Gasteiger partial charge in [-0.2, -0.15) is 0 Å². The molecule has 0 aliphatic heterocycles. The van der Waals surface area contributed by atoms with Crippen LogP contribution in [0.4, 0.5) is 0 Å². The highest BCUT2D eigenvalue weighted by Gasteiger charge is 2.23. The molecule has 0 radical (unpaired) electrons. The van der Waals surface area contributed by atoms with E-state index >= 15 is 0 Å². The van der Waals surface area contributed by atoms with E-state index in [0.29, 0.717) is 17.6 Å². The van der Waals surface area contributed by atoms with E-state index in [9.17, 15) is 8.42 Å². The summed E-state index contributed by atoms with van der Waals surface area (Å²) in [6.45, 7) is 1.66. The summed E-state index contributed by atoms with van der Waals surface area (Å²) in [6.07, 6.45) is 0.789. The van der Waals surface area contributed by atoms with Crippen molar-refractivity contribution in [2.75, 3.05) is 34.2 Å². The fraction of sp³-hybridized carbons (Fsp3) is 0.538. The third-order valence-corrected chi connectivity index (χ3v) is 5.85. The highest BCUT2D eigenvalue weighted by Crippen LogP contribution is 2.25. The summed E-state index contributed by atoms with van der Waals surface area (Å²) in [5.74, 6) is 0. The second-order valence-electron chi connectivity index (χ2n) is 4.95. The van der Waals surface area contributed by atoms with E-state index in [1.54, 1.807) is 19.2 Å². The first kappa shape index (κ1) is 17.6. The zero-order chi connectivity index (χ0) is 15.3. The van der Waals surface area contributed by atoms with Crippen LogP contribution in [0.25, 0.3) is 0 Å². The molecule has 0 amide bonds. The molecule has 1 aromatic rings. The number of halogens is 1. The summed E-state index contributed by atoms with van der Waals surface area (Å²) in [4.78, 5) is 2.30. The van der Waals surface area contributed by atoms with Gasteiger partial charge in [-0.3, -0.25) is 0 Å². The largest absolute Gasteiger partial charge is 0.326 e. The van der Waals surface area contributed by atoms with E-state index in [2.05, 4.69) is 15.9 Å². The van der Waals surface area contributed by atoms with E-state index in [1.165, 1.54) is 4.31 Å². The van der Waals surface area contributed by atoms with Gasteiger partial charge in [0, 0.05) is 24.6 Å². The van der Waals surface area contributed by atoms with Gasteiger partial charge in [0.05, 0.1) is 4.90 Å². The predicted molar refractivity (Wildman–Crippen MR) is 85.0 cm³/mol. The lowest BCUT2D eigenvalue weighted by atomic mass is 10.2. The molecule has 5 nitrogen and oxygen atoms in total. The van der Waals surface area contributed by atoms with Crippen molar-refractivity contribution in [1.82, 2.24) is 9.21 Å². The van der Waals surface area contributed by atoms with Crippen LogP contribution in [0.5, 0.6) is 0 Å². The maximum atomic E-state index is 12.5. The van der Waals surface area contributed by atoms with E-state index in [-0.39, 0.29) is 4.90 Å². The highest BCUT2D eigenvalue weighted by atomic mass is 79.9. The molecule has 0 spiro atoms. The van der Waals surface area contributed by atoms with Gasteiger partial charge in [-0.25, -0.2) is 12.7 Å². The molecule has 1 rings (SSSR count). The minimum Gasteiger partial charge on any atom is -0.326 e. The van der Waals surface area contributed by atoms with Crippen LogP contribution in [0.2, 0.25) is 0 Å². The molecule has 7 heteroatoms. The maximum Gasteiger partial charge on any atom is 0.243 e. The fourth-order valence-electron chi connectivity index (χ4n) is 1.77. The van der Waals surface area contributed by atoms with Gasteiger partial charge in [0.15, 0.2) is 0 Å². The molecule has 0 aliphatic carbocycles. The zero-order valence-corrected chi connectivity index (χ0v) is 14.5. The summed E-state index contributed by atoms with van der Waals surface area (Å²) in [6, 6.07) is 5.17. The Hall–Kier alpha value is -0.470. The minimum atomic E-state index is -3.49. The fourth-order valence-corrected chi connectivity index (χ4v) is 3.95. The van der Waals surface area contributed by atoms with Crippen LogP contribution in [0.1, 0.15) is 12.0 Å². The number of hydrogen-bond acceptors (Lipinski definition) is 4. The number of rotatable bonds is 7. The summed E-state index contributed by atoms with van der Waals surface area (Å²) >= 11 is 3.30. The lowest BCUT2D eigenvalue weighted by Crippen LogP contribution is -2.30. The van der Waals surface area contributed by atoms with Crippen LogP contribution in [0, 0.1) is 0 Å². The van der Waals surface area contributed by atoms with E-state index in [0.717, 1.165) is 18.5 Å². The van der Waals surface area contributed by atoms with Crippen LogP contribution in [-0.2, 0) is 16.6 Å². The first-order chi connectivity index (χ1) is 9.28. The summed E-state index contributed by atoms with van der Waals surface area (Å²) < 4.78 is 27.0. The number of sulfonamides is 1. The molecule has 0 heterocycles. The van der Waals surface area contributed by atoms with Gasteiger partial charge in [0.2, 0.25) is 10.0 Å². The van der Waals surface area contributed by atoms with Crippen LogP contribution in [0.3, 0.4) is 0 Å². The predicted octanol–water partition coefficient (Wildman–Crippen LogP) is 1.48. The molecule has 1 aromatic carbocycles. The average Bonchev–Trinajstić information content (AvgIpc) is 2.38. The van der Waals surface area contributed by atoms with Crippen molar-refractivity contribution < 1.29 is 8.42 Å². The Balaban J connectivity index is 2.92. The molecule has 0 aromatic heterocycles. The Labute approximate surface area is 129 Å². The second-order valence-corrected chi connectivity index (χ2v) is 7.82. The summed E-state index contributed by atoms with van der Waals surface area (Å²) in [7, 11) is 2.05. The van der Waals surface area contributed by atoms with Gasteiger partial charge >= 0.3 is 0 Å². The third-order valence-electron chi connectivity index (χ3n) is 3.00. The van der Waals surface area contributed by atoms with E-state index in [4.69, 9.17) is 5.73 Å². The lowest BCUT2D eigenvalue weighted by molar-refractivity contribution is 0.370. The van der Waals surface area contributed by atoms with Crippen molar-refractivity contribution in [1.29, 1.82) is 0 Å². The second kappa shape index (κ2) is 7.51. The quantitative estimate of drug-likeness (QED) is 0.796. The van der Waals surface area contributed by atoms with Gasteiger partial charge in [-0.1, -0.05) is 6.07 Å². The van der Waals surface area contributed by atoms with Crippen LogP contribution in [0.15, 0.2) is 27.6 Å². The van der Waals surface area contributed by atoms with E-state index < -0.39 is 10.0 Å². The van der Waals surface area contributed by atoms with Crippen LogP contribution < -0.4 is 5.73 Å². The molecule has 2 N–H and O–H groups in total. The summed E-state index contributed by atoms with van der Waals surface area (Å²) in [5, 5.41) is 0. The first-order valence-corrected chi connectivity index (χ1v) is 8.62. The highest BCUT2D eigenvalue weighted by molar-refractivity contribution is 9.10. The number of hydrogen-bond donors (Lipinski definition) is 1. The topological polar surface area (TPSA) is 66.6 Å². The molecule has 0 aliphatic rings. The molecule has 0 fully saturated rings. The molecule has 114 valence electrons. The Morgan fingerprint density at radius 3 is 2.40 bits per heavy atom. The zero-order valence-electron chi connectivity index (χ0n) is 12.1. The molecule has 0 unspecified atom stereocenters. The van der Waals surface area contributed by atoms with E-state index in [1.807, 2.05) is 25.1 Å².